The molecule has 6 rings (SSSR count). The molecule has 5 aromatic rings. The van der Waals surface area contributed by atoms with E-state index in [2.05, 4.69) is 16.0 Å². The first-order chi connectivity index (χ1) is 19.6. The molecule has 40 heavy (non-hydrogen) atoms. The molecule has 8 nitrogen and oxygen atoms in total. The minimum Gasteiger partial charge on any atom is -0.495 e. The predicted molar refractivity (Wildman–Crippen MR) is 155 cm³/mol. The highest BCUT2D eigenvalue weighted by molar-refractivity contribution is 5.91. The highest BCUT2D eigenvalue weighted by Crippen LogP contribution is 2.39. The molecule has 0 unspecified atom stereocenters. The smallest absolute Gasteiger partial charge is 0.323 e. The molecule has 0 saturated heterocycles. The number of nitrogens with zero attached hydrogens (tertiary/aromatic N) is 4. The highest BCUT2D eigenvalue weighted by atomic mass is 16.5. The van der Waals surface area contributed by atoms with Crippen LogP contribution in [0.15, 0.2) is 97.2 Å². The van der Waals surface area contributed by atoms with E-state index in [0.29, 0.717) is 24.6 Å². The van der Waals surface area contributed by atoms with Gasteiger partial charge in [-0.05, 0) is 67.9 Å². The van der Waals surface area contributed by atoms with E-state index < -0.39 is 6.04 Å². The van der Waals surface area contributed by atoms with Gasteiger partial charge in [0, 0.05) is 11.8 Å². The zero-order chi connectivity index (χ0) is 27.6. The SMILES string of the molecule is CCOc1cccc([C@H]2c3cccn3-c3c(c(C)nn3-c3ccccc3)CN2C(=O)Nc2ccccc2OC)c1. The van der Waals surface area contributed by atoms with E-state index in [9.17, 15) is 4.79 Å². The first-order valence-electron chi connectivity index (χ1n) is 13.3. The number of ether oxygens (including phenoxy) is 2. The van der Waals surface area contributed by atoms with Crippen LogP contribution < -0.4 is 14.8 Å². The number of para-hydroxylation sites is 3. The topological polar surface area (TPSA) is 73.5 Å². The number of fused-ring (bicyclic) bond motifs is 3. The maximum atomic E-state index is 14.2. The highest BCUT2D eigenvalue weighted by Gasteiger charge is 2.36. The second-order valence-electron chi connectivity index (χ2n) is 9.60. The number of benzene rings is 3. The van der Waals surface area contributed by atoms with Crippen molar-refractivity contribution in [3.05, 3.63) is 120 Å². The van der Waals surface area contributed by atoms with Crippen molar-refractivity contribution in [2.45, 2.75) is 26.4 Å². The van der Waals surface area contributed by atoms with Crippen LogP contribution in [0.2, 0.25) is 0 Å². The van der Waals surface area contributed by atoms with E-state index in [-0.39, 0.29) is 6.03 Å². The van der Waals surface area contributed by atoms with Gasteiger partial charge in [-0.15, -0.1) is 0 Å². The van der Waals surface area contributed by atoms with Crippen LogP contribution >= 0.6 is 0 Å². The zero-order valence-electron chi connectivity index (χ0n) is 22.7. The standard InChI is InChI=1S/C32H31N5O3/c1-4-40-25-15-10-12-23(20-25)30-28-17-11-19-35(28)31-26(22(2)34-37(31)24-13-6-5-7-14-24)21-36(30)32(38)33-27-16-8-9-18-29(27)39-3/h5-20,30H,4,21H2,1-3H3,(H,33,38)/t30-/m0/s1. The molecule has 0 radical (unpaired) electrons. The van der Waals surface area contributed by atoms with Gasteiger partial charge in [-0.1, -0.05) is 42.5 Å². The van der Waals surface area contributed by atoms with Gasteiger partial charge >= 0.3 is 6.03 Å². The Morgan fingerprint density at radius 3 is 2.60 bits per heavy atom. The first-order valence-corrected chi connectivity index (χ1v) is 13.3. The molecule has 0 aliphatic carbocycles. The quantitative estimate of drug-likeness (QED) is 0.270. The summed E-state index contributed by atoms with van der Waals surface area (Å²) in [6.45, 7) is 4.86. The number of amides is 2. The molecule has 0 saturated carbocycles. The minimum atomic E-state index is -0.402. The molecule has 3 aromatic carbocycles. The Morgan fingerprint density at radius 2 is 1.80 bits per heavy atom. The van der Waals surface area contributed by atoms with Gasteiger partial charge in [0.1, 0.15) is 17.3 Å². The molecule has 0 fully saturated rings. The van der Waals surface area contributed by atoms with Crippen molar-refractivity contribution in [2.75, 3.05) is 19.0 Å². The van der Waals surface area contributed by atoms with Gasteiger partial charge in [-0.2, -0.15) is 5.10 Å². The summed E-state index contributed by atoms with van der Waals surface area (Å²) in [6, 6.07) is 28.9. The van der Waals surface area contributed by atoms with Gasteiger partial charge in [0.25, 0.3) is 0 Å². The van der Waals surface area contributed by atoms with Crippen molar-refractivity contribution < 1.29 is 14.3 Å². The maximum Gasteiger partial charge on any atom is 0.323 e. The van der Waals surface area contributed by atoms with E-state index in [4.69, 9.17) is 14.6 Å². The van der Waals surface area contributed by atoms with Crippen molar-refractivity contribution >= 4 is 11.7 Å². The molecule has 8 heteroatoms. The van der Waals surface area contributed by atoms with Gasteiger partial charge in [0.15, 0.2) is 0 Å². The number of carbonyl (C=O) groups is 1. The van der Waals surface area contributed by atoms with Crippen LogP contribution in [0.4, 0.5) is 10.5 Å². The van der Waals surface area contributed by atoms with Crippen LogP contribution in [0.25, 0.3) is 11.5 Å². The molecule has 3 heterocycles. The summed E-state index contributed by atoms with van der Waals surface area (Å²) in [5.41, 5.74) is 5.28. The number of hydrogen-bond donors (Lipinski definition) is 1. The second kappa shape index (κ2) is 10.6. The van der Waals surface area contributed by atoms with Gasteiger partial charge in [0.05, 0.1) is 49.1 Å². The van der Waals surface area contributed by atoms with Crippen molar-refractivity contribution in [3.8, 4) is 23.0 Å². The second-order valence-corrected chi connectivity index (χ2v) is 9.60. The molecule has 2 aromatic heterocycles. The summed E-state index contributed by atoms with van der Waals surface area (Å²) in [7, 11) is 1.60. The monoisotopic (exact) mass is 533 g/mol. The Labute approximate surface area is 233 Å². The summed E-state index contributed by atoms with van der Waals surface area (Å²) in [5.74, 6) is 2.27. The Bertz CT molecular complexity index is 1660. The Hall–Kier alpha value is -4.98. The molecule has 2 amide bonds. The van der Waals surface area contributed by atoms with Crippen LogP contribution in [0.3, 0.4) is 0 Å². The average Bonchev–Trinajstić information content (AvgIpc) is 3.54. The number of urea groups is 1. The fourth-order valence-electron chi connectivity index (χ4n) is 5.38. The third-order valence-corrected chi connectivity index (χ3v) is 7.18. The normalized spacial score (nSPS) is 14.2. The first kappa shape index (κ1) is 25.3. The van der Waals surface area contributed by atoms with E-state index in [1.807, 2.05) is 115 Å². The molecule has 1 aliphatic heterocycles. The van der Waals surface area contributed by atoms with Crippen molar-refractivity contribution in [3.63, 3.8) is 0 Å². The average molecular weight is 534 g/mol. The number of aromatic nitrogens is 3. The summed E-state index contributed by atoms with van der Waals surface area (Å²) in [5, 5.41) is 8.03. The molecule has 1 aliphatic rings. The van der Waals surface area contributed by atoms with E-state index >= 15 is 0 Å². The number of rotatable bonds is 6. The third-order valence-electron chi connectivity index (χ3n) is 7.18. The van der Waals surface area contributed by atoms with Gasteiger partial charge < -0.3 is 24.3 Å². The summed E-state index contributed by atoms with van der Waals surface area (Å²) >= 11 is 0. The predicted octanol–water partition coefficient (Wildman–Crippen LogP) is 6.52. The number of aryl methyl sites for hydroxylation is 1. The van der Waals surface area contributed by atoms with Crippen molar-refractivity contribution in [1.82, 2.24) is 19.2 Å². The van der Waals surface area contributed by atoms with Gasteiger partial charge in [-0.25, -0.2) is 9.48 Å². The van der Waals surface area contributed by atoms with E-state index in [1.54, 1.807) is 7.11 Å². The molecule has 1 N–H and O–H groups in total. The number of hydrogen-bond acceptors (Lipinski definition) is 4. The Kier molecular flexibility index (Phi) is 6.74. The van der Waals surface area contributed by atoms with Crippen LogP contribution in [0.1, 0.15) is 35.5 Å². The number of anilines is 1. The fourth-order valence-corrected chi connectivity index (χ4v) is 5.38. The maximum absolute atomic E-state index is 14.2. The summed E-state index contributed by atoms with van der Waals surface area (Å²) in [6.07, 6.45) is 2.04. The van der Waals surface area contributed by atoms with Crippen LogP contribution in [0.5, 0.6) is 11.5 Å². The van der Waals surface area contributed by atoms with Crippen LogP contribution in [-0.2, 0) is 6.54 Å². The summed E-state index contributed by atoms with van der Waals surface area (Å²) in [4.78, 5) is 16.1. The largest absolute Gasteiger partial charge is 0.495 e. The third kappa shape index (κ3) is 4.47. The number of nitrogens with one attached hydrogen (secondary N) is 1. The molecular weight excluding hydrogens is 502 g/mol. The lowest BCUT2D eigenvalue weighted by Gasteiger charge is -2.31. The Balaban J connectivity index is 1.53. The van der Waals surface area contributed by atoms with Crippen molar-refractivity contribution in [2.24, 2.45) is 0 Å². The van der Waals surface area contributed by atoms with Crippen LogP contribution in [0, 0.1) is 6.92 Å². The van der Waals surface area contributed by atoms with Crippen LogP contribution in [-0.4, -0.2) is 39.0 Å². The zero-order valence-corrected chi connectivity index (χ0v) is 22.7. The number of methoxy groups -OCH3 is 1. The van der Waals surface area contributed by atoms with E-state index in [0.717, 1.165) is 39.8 Å². The minimum absolute atomic E-state index is 0.247. The molecule has 202 valence electrons. The lowest BCUT2D eigenvalue weighted by atomic mass is 10.0. The molecule has 1 atom stereocenters. The Morgan fingerprint density at radius 1 is 1.00 bits per heavy atom. The fraction of sp³-hybridized carbons (Fsp3) is 0.188. The van der Waals surface area contributed by atoms with E-state index in [1.165, 1.54) is 0 Å². The molecule has 0 bridgehead atoms. The number of carbonyl (C=O) groups excluding carboxylic acids is 1. The van der Waals surface area contributed by atoms with Gasteiger partial charge in [0.2, 0.25) is 0 Å². The lowest BCUT2D eigenvalue weighted by Crippen LogP contribution is -2.38. The molecule has 0 spiro atoms. The summed E-state index contributed by atoms with van der Waals surface area (Å²) < 4.78 is 15.5. The van der Waals surface area contributed by atoms with Gasteiger partial charge in [-0.3, -0.25) is 0 Å². The lowest BCUT2D eigenvalue weighted by molar-refractivity contribution is 0.194. The molecular formula is C32H31N5O3. The van der Waals surface area contributed by atoms with Crippen molar-refractivity contribution in [1.29, 1.82) is 0 Å².